The van der Waals surface area contributed by atoms with Crippen molar-refractivity contribution in [3.63, 3.8) is 0 Å². The number of hydrogen-bond donors (Lipinski definition) is 1. The number of carbonyl (C=O) groups is 1. The Morgan fingerprint density at radius 1 is 1.21 bits per heavy atom. The number of anilines is 1. The van der Waals surface area contributed by atoms with Crippen LogP contribution in [0.4, 0.5) is 5.69 Å². The largest absolute Gasteiger partial charge is 0.398 e. The second-order valence-electron chi connectivity index (χ2n) is 3.15. The summed E-state index contributed by atoms with van der Waals surface area (Å²) in [5, 5.41) is 1.99. The smallest absolute Gasteiger partial charge is 0.178 e. The van der Waals surface area contributed by atoms with E-state index in [1.165, 1.54) is 0 Å². The Kier molecular flexibility index (Phi) is 2.22. The Bertz CT molecular complexity index is 508. The summed E-state index contributed by atoms with van der Waals surface area (Å²) in [6, 6.07) is 11.2. The highest BCUT2D eigenvalue weighted by molar-refractivity contribution is 7.41. The minimum atomic E-state index is -0.0184. The van der Waals surface area contributed by atoms with Gasteiger partial charge in [0.1, 0.15) is 0 Å². The molecule has 0 fully saturated rings. The summed E-state index contributed by atoms with van der Waals surface area (Å²) in [6.07, 6.45) is 0. The van der Waals surface area contributed by atoms with E-state index in [0.29, 0.717) is 11.3 Å². The van der Waals surface area contributed by atoms with Gasteiger partial charge in [-0.05, 0) is 17.5 Å². The highest BCUT2D eigenvalue weighted by Crippen LogP contribution is 2.22. The van der Waals surface area contributed by atoms with Gasteiger partial charge in [0.15, 0.2) is 5.52 Å². The lowest BCUT2D eigenvalue weighted by Crippen LogP contribution is -1.90. The van der Waals surface area contributed by atoms with E-state index in [9.17, 15) is 4.79 Å². The van der Waals surface area contributed by atoms with Crippen molar-refractivity contribution in [2.45, 2.75) is 0 Å². The summed E-state index contributed by atoms with van der Waals surface area (Å²) in [7, 11) is 2.16. The molecule has 0 bridgehead atoms. The third kappa shape index (κ3) is 1.49. The van der Waals surface area contributed by atoms with Crippen LogP contribution < -0.4 is 5.73 Å². The second-order valence-corrected chi connectivity index (χ2v) is 3.67. The quantitative estimate of drug-likeness (QED) is 0.571. The molecule has 0 saturated carbocycles. The molecule has 1 atom stereocenters. The van der Waals surface area contributed by atoms with Crippen LogP contribution in [-0.4, -0.2) is 5.52 Å². The van der Waals surface area contributed by atoms with Crippen molar-refractivity contribution >= 4 is 31.2 Å². The molecule has 0 aliphatic heterocycles. The predicted octanol–water partition coefficient (Wildman–Crippen LogP) is 2.44. The third-order valence-electron chi connectivity index (χ3n) is 2.20. The first kappa shape index (κ1) is 9.17. The van der Waals surface area contributed by atoms with Gasteiger partial charge in [-0.25, -0.2) is 0 Å². The lowest BCUT2D eigenvalue weighted by molar-refractivity contribution is 0.108. The van der Waals surface area contributed by atoms with Crippen molar-refractivity contribution in [2.75, 3.05) is 5.73 Å². The highest BCUT2D eigenvalue weighted by atomic mass is 31.0. The molecule has 3 heteroatoms. The minimum absolute atomic E-state index is 0.0184. The van der Waals surface area contributed by atoms with Crippen LogP contribution in [0.1, 0.15) is 10.4 Å². The first-order valence-corrected chi connectivity index (χ1v) is 4.84. The normalized spacial score (nSPS) is 10.4. The summed E-state index contributed by atoms with van der Waals surface area (Å²) in [4.78, 5) is 11.1. The van der Waals surface area contributed by atoms with Gasteiger partial charge in [0.25, 0.3) is 0 Å². The monoisotopic (exact) mass is 203 g/mol. The molecule has 2 rings (SSSR count). The molecule has 2 aromatic rings. The Labute approximate surface area is 84.3 Å². The van der Waals surface area contributed by atoms with Gasteiger partial charge >= 0.3 is 0 Å². The fourth-order valence-electron chi connectivity index (χ4n) is 1.45. The Balaban J connectivity index is 2.76. The SMILES string of the molecule is Nc1cccc2ccc(C(=O)P)cc12. The van der Waals surface area contributed by atoms with Crippen LogP contribution in [0.3, 0.4) is 0 Å². The van der Waals surface area contributed by atoms with Crippen LogP contribution in [0, 0.1) is 0 Å². The van der Waals surface area contributed by atoms with Crippen molar-refractivity contribution in [3.8, 4) is 0 Å². The number of nitrogens with two attached hydrogens (primary N) is 1. The zero-order valence-electron chi connectivity index (χ0n) is 7.53. The molecule has 0 spiro atoms. The molecule has 70 valence electrons. The Morgan fingerprint density at radius 2 is 2.00 bits per heavy atom. The van der Waals surface area contributed by atoms with Crippen LogP contribution >= 0.6 is 9.24 Å². The zero-order valence-corrected chi connectivity index (χ0v) is 8.68. The lowest BCUT2D eigenvalue weighted by Gasteiger charge is -2.02. The minimum Gasteiger partial charge on any atom is -0.398 e. The summed E-state index contributed by atoms with van der Waals surface area (Å²) >= 11 is 0. The van der Waals surface area contributed by atoms with Crippen LogP contribution in [0.5, 0.6) is 0 Å². The number of carbonyl (C=O) groups excluding carboxylic acids is 1. The maximum Gasteiger partial charge on any atom is 0.178 e. The molecule has 0 aliphatic carbocycles. The van der Waals surface area contributed by atoms with E-state index in [1.807, 2.05) is 30.3 Å². The van der Waals surface area contributed by atoms with Crippen LogP contribution in [0.15, 0.2) is 36.4 Å². The molecule has 0 saturated heterocycles. The molecule has 0 heterocycles. The van der Waals surface area contributed by atoms with Crippen molar-refractivity contribution in [1.29, 1.82) is 0 Å². The Morgan fingerprint density at radius 3 is 2.71 bits per heavy atom. The fourth-order valence-corrected chi connectivity index (χ4v) is 1.63. The summed E-state index contributed by atoms with van der Waals surface area (Å²) in [5.74, 6) is 0. The second kappa shape index (κ2) is 3.39. The number of benzene rings is 2. The van der Waals surface area contributed by atoms with Gasteiger partial charge in [0.05, 0.1) is 0 Å². The van der Waals surface area contributed by atoms with Crippen LogP contribution in [0.2, 0.25) is 0 Å². The van der Waals surface area contributed by atoms with Crippen molar-refractivity contribution in [1.82, 2.24) is 0 Å². The maximum absolute atomic E-state index is 11.1. The van der Waals surface area contributed by atoms with Crippen molar-refractivity contribution < 1.29 is 4.79 Å². The summed E-state index contributed by atoms with van der Waals surface area (Å²) < 4.78 is 0. The predicted molar refractivity (Wildman–Crippen MR) is 62.4 cm³/mol. The van der Waals surface area contributed by atoms with Gasteiger partial charge < -0.3 is 5.73 Å². The molecule has 2 N–H and O–H groups in total. The van der Waals surface area contributed by atoms with Gasteiger partial charge in [-0.15, -0.1) is 0 Å². The van der Waals surface area contributed by atoms with Crippen LogP contribution in [-0.2, 0) is 0 Å². The van der Waals surface area contributed by atoms with Gasteiger partial charge in [0.2, 0.25) is 0 Å². The van der Waals surface area contributed by atoms with Gasteiger partial charge in [-0.2, -0.15) is 0 Å². The number of nitrogen functional groups attached to an aromatic ring is 1. The summed E-state index contributed by atoms with van der Waals surface area (Å²) in [6.45, 7) is 0. The molecule has 0 aromatic heterocycles. The highest BCUT2D eigenvalue weighted by Gasteiger charge is 2.02. The number of fused-ring (bicyclic) bond motifs is 1. The first-order valence-electron chi connectivity index (χ1n) is 4.26. The van der Waals surface area contributed by atoms with E-state index in [2.05, 4.69) is 9.24 Å². The van der Waals surface area contributed by atoms with Gasteiger partial charge in [-0.3, -0.25) is 4.79 Å². The van der Waals surface area contributed by atoms with Crippen molar-refractivity contribution in [3.05, 3.63) is 42.0 Å². The molecule has 0 radical (unpaired) electrons. The average Bonchev–Trinajstić information content (AvgIpc) is 2.18. The fraction of sp³-hybridized carbons (Fsp3) is 0. The molecule has 2 aromatic carbocycles. The van der Waals surface area contributed by atoms with E-state index >= 15 is 0 Å². The van der Waals surface area contributed by atoms with E-state index in [4.69, 9.17) is 5.73 Å². The summed E-state index contributed by atoms with van der Waals surface area (Å²) in [5.41, 5.74) is 7.16. The first-order chi connectivity index (χ1) is 6.68. The topological polar surface area (TPSA) is 43.1 Å². The molecule has 14 heavy (non-hydrogen) atoms. The third-order valence-corrected chi connectivity index (χ3v) is 2.53. The molecule has 2 nitrogen and oxygen atoms in total. The zero-order chi connectivity index (χ0) is 10.1. The molecular weight excluding hydrogens is 193 g/mol. The Hall–Kier alpha value is -1.40. The molecule has 0 aliphatic rings. The molecule has 1 unspecified atom stereocenters. The average molecular weight is 203 g/mol. The number of rotatable bonds is 1. The number of hydrogen-bond acceptors (Lipinski definition) is 2. The molecule has 0 amide bonds. The van der Waals surface area contributed by atoms with Crippen LogP contribution in [0.25, 0.3) is 10.8 Å². The van der Waals surface area contributed by atoms with E-state index in [1.54, 1.807) is 6.07 Å². The van der Waals surface area contributed by atoms with E-state index in [0.717, 1.165) is 10.8 Å². The lowest BCUT2D eigenvalue weighted by atomic mass is 10.1. The molecular formula is C11H10NOP. The van der Waals surface area contributed by atoms with E-state index < -0.39 is 0 Å². The van der Waals surface area contributed by atoms with Crippen molar-refractivity contribution in [2.24, 2.45) is 0 Å². The van der Waals surface area contributed by atoms with Gasteiger partial charge in [0, 0.05) is 16.6 Å². The standard InChI is InChI=1S/C11H10NOP/c12-10-3-1-2-7-4-5-8(11(13)14)6-9(7)10/h1-6H,12,14H2. The maximum atomic E-state index is 11.1. The van der Waals surface area contributed by atoms with Gasteiger partial charge in [-0.1, -0.05) is 33.5 Å². The van der Waals surface area contributed by atoms with E-state index in [-0.39, 0.29) is 5.52 Å².